The monoisotopic (exact) mass is 280 g/mol. The molecule has 0 radical (unpaired) electrons. The molecular formula is C14H16O2S2. The number of aldehydes is 2. The fourth-order valence-electron chi connectivity index (χ4n) is 2.05. The molecule has 0 fully saturated rings. The summed E-state index contributed by atoms with van der Waals surface area (Å²) in [6.07, 6.45) is 9.52. The van der Waals surface area contributed by atoms with Crippen molar-refractivity contribution in [3.8, 4) is 0 Å². The van der Waals surface area contributed by atoms with Gasteiger partial charge in [-0.05, 0) is 37.8 Å². The van der Waals surface area contributed by atoms with Crippen LogP contribution in [0.25, 0.3) is 0 Å². The van der Waals surface area contributed by atoms with Gasteiger partial charge >= 0.3 is 0 Å². The number of allylic oxidation sites excluding steroid dienone is 2. The predicted molar refractivity (Wildman–Crippen MR) is 77.4 cm³/mol. The zero-order valence-corrected chi connectivity index (χ0v) is 11.8. The van der Waals surface area contributed by atoms with Crippen LogP contribution >= 0.6 is 23.1 Å². The molecule has 0 amide bonds. The van der Waals surface area contributed by atoms with Crippen molar-refractivity contribution in [2.45, 2.75) is 37.4 Å². The minimum Gasteiger partial charge on any atom is -0.297 e. The van der Waals surface area contributed by atoms with Crippen LogP contribution in [0.4, 0.5) is 0 Å². The second-order valence-electron chi connectivity index (χ2n) is 4.37. The lowest BCUT2D eigenvalue weighted by molar-refractivity contribution is -0.104. The average molecular weight is 280 g/mol. The first-order valence-corrected chi connectivity index (χ1v) is 7.87. The summed E-state index contributed by atoms with van der Waals surface area (Å²) in [5.41, 5.74) is 0. The Kier molecular flexibility index (Phi) is 5.20. The zero-order valence-electron chi connectivity index (χ0n) is 10.1. The molecular weight excluding hydrogens is 264 g/mol. The van der Waals surface area contributed by atoms with Crippen LogP contribution < -0.4 is 0 Å². The van der Waals surface area contributed by atoms with Crippen LogP contribution in [0.2, 0.25) is 0 Å². The quantitative estimate of drug-likeness (QED) is 0.562. The zero-order chi connectivity index (χ0) is 12.8. The Labute approximate surface area is 115 Å². The van der Waals surface area contributed by atoms with Crippen molar-refractivity contribution in [1.29, 1.82) is 0 Å². The third kappa shape index (κ3) is 3.82. The van der Waals surface area contributed by atoms with E-state index in [1.807, 2.05) is 18.2 Å². The number of rotatable bonds is 7. The molecule has 1 aromatic rings. The molecule has 0 aromatic carbocycles. The van der Waals surface area contributed by atoms with E-state index in [4.69, 9.17) is 0 Å². The van der Waals surface area contributed by atoms with Crippen LogP contribution in [0.5, 0.6) is 0 Å². The van der Waals surface area contributed by atoms with E-state index >= 15 is 0 Å². The number of aryl methyl sites for hydroxylation is 1. The van der Waals surface area contributed by atoms with Gasteiger partial charge in [-0.1, -0.05) is 12.5 Å². The highest BCUT2D eigenvalue weighted by Gasteiger charge is 2.16. The fourth-order valence-corrected chi connectivity index (χ4v) is 4.03. The Morgan fingerprint density at radius 3 is 2.78 bits per heavy atom. The highest BCUT2D eigenvalue weighted by atomic mass is 32.2. The SMILES string of the molecule is O=CC1=CCC(CCCCc2ccc(C=O)s2)S1. The molecule has 0 saturated heterocycles. The van der Waals surface area contributed by atoms with E-state index in [9.17, 15) is 9.59 Å². The van der Waals surface area contributed by atoms with Gasteiger partial charge in [-0.15, -0.1) is 23.1 Å². The van der Waals surface area contributed by atoms with Gasteiger partial charge in [-0.3, -0.25) is 9.59 Å². The van der Waals surface area contributed by atoms with E-state index in [1.165, 1.54) is 17.7 Å². The van der Waals surface area contributed by atoms with Gasteiger partial charge in [0.15, 0.2) is 12.6 Å². The van der Waals surface area contributed by atoms with Crippen molar-refractivity contribution in [1.82, 2.24) is 0 Å². The van der Waals surface area contributed by atoms with E-state index in [2.05, 4.69) is 0 Å². The lowest BCUT2D eigenvalue weighted by atomic mass is 10.1. The third-order valence-electron chi connectivity index (χ3n) is 3.00. The van der Waals surface area contributed by atoms with Crippen molar-refractivity contribution in [2.75, 3.05) is 0 Å². The molecule has 2 nitrogen and oxygen atoms in total. The van der Waals surface area contributed by atoms with Gasteiger partial charge in [-0.2, -0.15) is 0 Å². The first-order chi connectivity index (χ1) is 8.81. The first-order valence-electron chi connectivity index (χ1n) is 6.17. The summed E-state index contributed by atoms with van der Waals surface area (Å²) >= 11 is 3.30. The summed E-state index contributed by atoms with van der Waals surface area (Å²) in [7, 11) is 0. The maximum atomic E-state index is 10.6. The maximum Gasteiger partial charge on any atom is 0.160 e. The molecule has 1 aliphatic heterocycles. The molecule has 0 saturated carbocycles. The van der Waals surface area contributed by atoms with Crippen LogP contribution in [0.1, 0.15) is 40.2 Å². The van der Waals surface area contributed by atoms with Gasteiger partial charge in [0, 0.05) is 15.0 Å². The minimum absolute atomic E-state index is 0.596. The Morgan fingerprint density at radius 2 is 2.11 bits per heavy atom. The van der Waals surface area contributed by atoms with Crippen molar-refractivity contribution in [2.24, 2.45) is 0 Å². The molecule has 0 N–H and O–H groups in total. The second kappa shape index (κ2) is 6.90. The molecule has 1 aliphatic rings. The highest BCUT2D eigenvalue weighted by Crippen LogP contribution is 2.34. The van der Waals surface area contributed by atoms with Gasteiger partial charge in [0.1, 0.15) is 0 Å². The van der Waals surface area contributed by atoms with E-state index < -0.39 is 0 Å². The Balaban J connectivity index is 1.62. The molecule has 1 aromatic heterocycles. The average Bonchev–Trinajstić information content (AvgIpc) is 3.03. The normalized spacial score (nSPS) is 18.7. The van der Waals surface area contributed by atoms with E-state index in [-0.39, 0.29) is 0 Å². The van der Waals surface area contributed by atoms with E-state index in [0.29, 0.717) is 5.25 Å². The molecule has 4 heteroatoms. The summed E-state index contributed by atoms with van der Waals surface area (Å²) < 4.78 is 0. The molecule has 0 bridgehead atoms. The maximum absolute atomic E-state index is 10.6. The number of hydrogen-bond donors (Lipinski definition) is 0. The number of thioether (sulfide) groups is 1. The highest BCUT2D eigenvalue weighted by molar-refractivity contribution is 8.04. The summed E-state index contributed by atoms with van der Waals surface area (Å²) in [5, 5.41) is 0.596. The first kappa shape index (κ1) is 13.6. The number of thiophene rings is 1. The summed E-state index contributed by atoms with van der Waals surface area (Å²) in [4.78, 5) is 24.1. The minimum atomic E-state index is 0.596. The third-order valence-corrected chi connectivity index (χ3v) is 5.37. The molecule has 0 aliphatic carbocycles. The molecule has 96 valence electrons. The second-order valence-corrected chi connectivity index (χ2v) is 6.94. The molecule has 18 heavy (non-hydrogen) atoms. The van der Waals surface area contributed by atoms with Gasteiger partial charge in [0.2, 0.25) is 0 Å². The summed E-state index contributed by atoms with van der Waals surface area (Å²) in [5.74, 6) is 0. The van der Waals surface area contributed by atoms with Crippen molar-refractivity contribution < 1.29 is 9.59 Å². The molecule has 1 atom stereocenters. The topological polar surface area (TPSA) is 34.1 Å². The van der Waals surface area contributed by atoms with Crippen molar-refractivity contribution in [3.63, 3.8) is 0 Å². The molecule has 1 unspecified atom stereocenters. The number of carbonyl (C=O) groups is 2. The number of unbranched alkanes of at least 4 members (excludes halogenated alkanes) is 1. The largest absolute Gasteiger partial charge is 0.297 e. The Morgan fingerprint density at radius 1 is 1.22 bits per heavy atom. The van der Waals surface area contributed by atoms with Gasteiger partial charge < -0.3 is 0 Å². The standard InChI is InChI=1S/C14H16O2S2/c15-9-13-7-5-11(17-13)3-1-2-4-12-6-8-14(10-16)18-12/h5,7-10,12H,1-4,6H2. The Bertz CT molecular complexity index is 448. The summed E-state index contributed by atoms with van der Waals surface area (Å²) in [6.45, 7) is 0. The van der Waals surface area contributed by atoms with Gasteiger partial charge in [-0.25, -0.2) is 0 Å². The van der Waals surface area contributed by atoms with Crippen molar-refractivity contribution >= 4 is 35.7 Å². The number of hydrogen-bond acceptors (Lipinski definition) is 4. The van der Waals surface area contributed by atoms with Crippen LogP contribution in [0.3, 0.4) is 0 Å². The van der Waals surface area contributed by atoms with Crippen LogP contribution in [0.15, 0.2) is 23.1 Å². The number of carbonyl (C=O) groups excluding carboxylic acids is 2. The molecule has 0 spiro atoms. The van der Waals surface area contributed by atoms with E-state index in [0.717, 1.165) is 41.6 Å². The van der Waals surface area contributed by atoms with Crippen LogP contribution in [0, 0.1) is 0 Å². The lowest BCUT2D eigenvalue weighted by Crippen LogP contribution is -1.97. The van der Waals surface area contributed by atoms with Gasteiger partial charge in [0.25, 0.3) is 0 Å². The lowest BCUT2D eigenvalue weighted by Gasteiger charge is -2.07. The van der Waals surface area contributed by atoms with Gasteiger partial charge in [0.05, 0.1) is 4.88 Å². The predicted octanol–water partition coefficient (Wildman–Crippen LogP) is 3.86. The van der Waals surface area contributed by atoms with Crippen LogP contribution in [-0.2, 0) is 11.2 Å². The summed E-state index contributed by atoms with van der Waals surface area (Å²) in [6, 6.07) is 3.94. The smallest absolute Gasteiger partial charge is 0.160 e. The van der Waals surface area contributed by atoms with E-state index in [1.54, 1.807) is 23.1 Å². The Hall–Kier alpha value is -0.870. The van der Waals surface area contributed by atoms with Crippen molar-refractivity contribution in [3.05, 3.63) is 32.9 Å². The fraction of sp³-hybridized carbons (Fsp3) is 0.429. The van der Waals surface area contributed by atoms with Crippen LogP contribution in [-0.4, -0.2) is 17.8 Å². The molecule has 2 rings (SSSR count). The molecule has 2 heterocycles.